The highest BCUT2D eigenvalue weighted by molar-refractivity contribution is 5.98. The van der Waals surface area contributed by atoms with E-state index in [1.807, 2.05) is 31.1 Å². The summed E-state index contributed by atoms with van der Waals surface area (Å²) in [4.78, 5) is 6.04. The van der Waals surface area contributed by atoms with Crippen molar-refractivity contribution in [3.8, 4) is 0 Å². The Bertz CT molecular complexity index is 320. The monoisotopic (exact) mass is 179 g/mol. The van der Waals surface area contributed by atoms with E-state index in [4.69, 9.17) is 5.21 Å². The Balaban J connectivity index is 3.05. The Kier molecular flexibility index (Phi) is 2.84. The zero-order valence-electron chi connectivity index (χ0n) is 8.02. The largest absolute Gasteiger partial charge is 0.411 e. The normalized spacial score (nSPS) is 11.5. The van der Waals surface area contributed by atoms with Gasteiger partial charge in [-0.3, -0.25) is 0 Å². The van der Waals surface area contributed by atoms with Gasteiger partial charge in [-0.2, -0.15) is 0 Å². The van der Waals surface area contributed by atoms with Crippen molar-refractivity contribution in [3.63, 3.8) is 0 Å². The lowest BCUT2D eigenvalue weighted by molar-refractivity contribution is 0.319. The third kappa shape index (κ3) is 2.18. The summed E-state index contributed by atoms with van der Waals surface area (Å²) in [6.07, 6.45) is 1.69. The summed E-state index contributed by atoms with van der Waals surface area (Å²) in [5, 5.41) is 11.7. The fourth-order valence-corrected chi connectivity index (χ4v) is 0.946. The minimum atomic E-state index is 0.588. The van der Waals surface area contributed by atoms with Crippen LogP contribution >= 0.6 is 0 Å². The van der Waals surface area contributed by atoms with Gasteiger partial charge in [0.05, 0.1) is 5.71 Å². The maximum atomic E-state index is 8.57. The molecule has 1 heterocycles. The van der Waals surface area contributed by atoms with Gasteiger partial charge in [0.2, 0.25) is 0 Å². The third-order valence-corrected chi connectivity index (χ3v) is 1.77. The van der Waals surface area contributed by atoms with Gasteiger partial charge in [0.1, 0.15) is 5.82 Å². The lowest BCUT2D eigenvalue weighted by Crippen LogP contribution is -2.11. The molecule has 4 nitrogen and oxygen atoms in total. The molecule has 70 valence electrons. The van der Waals surface area contributed by atoms with Gasteiger partial charge in [-0.05, 0) is 19.1 Å². The van der Waals surface area contributed by atoms with E-state index in [2.05, 4.69) is 10.1 Å². The minimum Gasteiger partial charge on any atom is -0.411 e. The maximum absolute atomic E-state index is 8.57. The molecule has 1 aromatic rings. The number of rotatable bonds is 2. The first-order valence-corrected chi connectivity index (χ1v) is 3.97. The molecule has 0 saturated heterocycles. The van der Waals surface area contributed by atoms with Crippen molar-refractivity contribution < 1.29 is 5.21 Å². The van der Waals surface area contributed by atoms with E-state index in [1.54, 1.807) is 13.1 Å². The number of oxime groups is 1. The number of pyridine rings is 1. The Morgan fingerprint density at radius 1 is 1.54 bits per heavy atom. The van der Waals surface area contributed by atoms with Crippen LogP contribution in [0.5, 0.6) is 0 Å². The van der Waals surface area contributed by atoms with Crippen molar-refractivity contribution in [1.82, 2.24) is 4.98 Å². The molecule has 0 bridgehead atoms. The molecule has 1 aromatic heterocycles. The van der Waals surface area contributed by atoms with Crippen LogP contribution in [0, 0.1) is 0 Å². The van der Waals surface area contributed by atoms with Crippen LogP contribution in [0.1, 0.15) is 12.5 Å². The molecule has 0 atom stereocenters. The van der Waals surface area contributed by atoms with E-state index in [9.17, 15) is 0 Å². The maximum Gasteiger partial charge on any atom is 0.128 e. The molecule has 1 rings (SSSR count). The van der Waals surface area contributed by atoms with E-state index >= 15 is 0 Å². The highest BCUT2D eigenvalue weighted by Gasteiger charge is 2.01. The van der Waals surface area contributed by atoms with E-state index in [0.717, 1.165) is 11.4 Å². The fraction of sp³-hybridized carbons (Fsp3) is 0.333. The second kappa shape index (κ2) is 3.89. The molecule has 0 aliphatic carbocycles. The molecule has 0 saturated carbocycles. The quantitative estimate of drug-likeness (QED) is 0.423. The van der Waals surface area contributed by atoms with Crippen LogP contribution in [-0.4, -0.2) is 30.0 Å². The summed E-state index contributed by atoms with van der Waals surface area (Å²) in [5.74, 6) is 0.848. The van der Waals surface area contributed by atoms with Gasteiger partial charge in [-0.1, -0.05) is 5.16 Å². The van der Waals surface area contributed by atoms with Crippen molar-refractivity contribution in [1.29, 1.82) is 0 Å². The molecular weight excluding hydrogens is 166 g/mol. The molecule has 0 unspecified atom stereocenters. The van der Waals surface area contributed by atoms with Crippen molar-refractivity contribution in [2.45, 2.75) is 6.92 Å². The molecule has 13 heavy (non-hydrogen) atoms. The average molecular weight is 179 g/mol. The van der Waals surface area contributed by atoms with E-state index in [1.165, 1.54) is 0 Å². The van der Waals surface area contributed by atoms with Crippen molar-refractivity contribution in [2.75, 3.05) is 19.0 Å². The molecule has 0 radical (unpaired) electrons. The minimum absolute atomic E-state index is 0.588. The van der Waals surface area contributed by atoms with Crippen LogP contribution in [0.2, 0.25) is 0 Å². The Morgan fingerprint density at radius 3 is 2.77 bits per heavy atom. The predicted octanol–water partition coefficient (Wildman–Crippen LogP) is 1.35. The smallest absolute Gasteiger partial charge is 0.128 e. The van der Waals surface area contributed by atoms with Crippen LogP contribution < -0.4 is 4.90 Å². The Labute approximate surface area is 77.5 Å². The summed E-state index contributed by atoms with van der Waals surface area (Å²) < 4.78 is 0. The summed E-state index contributed by atoms with van der Waals surface area (Å²) in [5.41, 5.74) is 1.46. The first kappa shape index (κ1) is 9.51. The summed E-state index contributed by atoms with van der Waals surface area (Å²) in [6.45, 7) is 1.74. The molecular formula is C9H13N3O. The third-order valence-electron chi connectivity index (χ3n) is 1.77. The van der Waals surface area contributed by atoms with Crippen molar-refractivity contribution in [2.24, 2.45) is 5.16 Å². The molecule has 0 aliphatic rings. The average Bonchev–Trinajstić information content (AvgIpc) is 2.17. The first-order chi connectivity index (χ1) is 6.15. The standard InChI is InChI=1S/C9H13N3O/c1-7(11-13)8-4-5-10-9(6-8)12(2)3/h4-6,13H,1-3H3. The second-order valence-corrected chi connectivity index (χ2v) is 2.98. The van der Waals surface area contributed by atoms with E-state index in [-0.39, 0.29) is 0 Å². The van der Waals surface area contributed by atoms with Gasteiger partial charge in [-0.15, -0.1) is 0 Å². The van der Waals surface area contributed by atoms with E-state index < -0.39 is 0 Å². The summed E-state index contributed by atoms with van der Waals surface area (Å²) in [7, 11) is 3.83. The highest BCUT2D eigenvalue weighted by Crippen LogP contribution is 2.09. The molecule has 0 spiro atoms. The number of nitrogens with zero attached hydrogens (tertiary/aromatic N) is 3. The molecule has 4 heteroatoms. The topological polar surface area (TPSA) is 48.7 Å². The zero-order valence-corrected chi connectivity index (χ0v) is 8.02. The van der Waals surface area contributed by atoms with Gasteiger partial charge in [0, 0.05) is 25.9 Å². The second-order valence-electron chi connectivity index (χ2n) is 2.98. The number of hydrogen-bond acceptors (Lipinski definition) is 4. The Morgan fingerprint density at radius 2 is 2.23 bits per heavy atom. The highest BCUT2D eigenvalue weighted by atomic mass is 16.4. The number of aromatic nitrogens is 1. The SMILES string of the molecule is CC(=NO)c1ccnc(N(C)C)c1. The van der Waals surface area contributed by atoms with Crippen LogP contribution in [0.4, 0.5) is 5.82 Å². The summed E-state index contributed by atoms with van der Waals surface area (Å²) >= 11 is 0. The molecule has 1 N–H and O–H groups in total. The first-order valence-electron chi connectivity index (χ1n) is 3.97. The van der Waals surface area contributed by atoms with Crippen LogP contribution in [0.3, 0.4) is 0 Å². The Hall–Kier alpha value is -1.58. The molecule has 0 aliphatic heterocycles. The van der Waals surface area contributed by atoms with Gasteiger partial charge in [0.15, 0.2) is 0 Å². The zero-order chi connectivity index (χ0) is 9.84. The van der Waals surface area contributed by atoms with Gasteiger partial charge >= 0.3 is 0 Å². The van der Waals surface area contributed by atoms with Crippen LogP contribution in [-0.2, 0) is 0 Å². The van der Waals surface area contributed by atoms with Crippen LogP contribution in [0.25, 0.3) is 0 Å². The molecule has 0 amide bonds. The molecule has 0 fully saturated rings. The molecule has 0 aromatic carbocycles. The lowest BCUT2D eigenvalue weighted by atomic mass is 10.2. The van der Waals surface area contributed by atoms with Gasteiger partial charge in [0.25, 0.3) is 0 Å². The van der Waals surface area contributed by atoms with Crippen LogP contribution in [0.15, 0.2) is 23.5 Å². The van der Waals surface area contributed by atoms with Crippen molar-refractivity contribution in [3.05, 3.63) is 23.9 Å². The summed E-state index contributed by atoms with van der Waals surface area (Å²) in [6, 6.07) is 3.68. The van der Waals surface area contributed by atoms with Gasteiger partial charge < -0.3 is 10.1 Å². The lowest BCUT2D eigenvalue weighted by Gasteiger charge is -2.11. The van der Waals surface area contributed by atoms with Gasteiger partial charge in [-0.25, -0.2) is 4.98 Å². The number of hydrogen-bond donors (Lipinski definition) is 1. The fourth-order valence-electron chi connectivity index (χ4n) is 0.946. The number of anilines is 1. The van der Waals surface area contributed by atoms with E-state index in [0.29, 0.717) is 5.71 Å². The van der Waals surface area contributed by atoms with Crippen molar-refractivity contribution >= 4 is 11.5 Å². The predicted molar refractivity (Wildman–Crippen MR) is 52.6 cm³/mol.